The zero-order chi connectivity index (χ0) is 15.3. The van der Waals surface area contributed by atoms with Crippen molar-refractivity contribution in [2.75, 3.05) is 6.61 Å². The molecule has 0 bridgehead atoms. The van der Waals surface area contributed by atoms with Gasteiger partial charge in [-0.3, -0.25) is 0 Å². The van der Waals surface area contributed by atoms with E-state index in [0.29, 0.717) is 13.0 Å². The molecule has 0 unspecified atom stereocenters. The largest absolute Gasteiger partial charge is 0.388 e. The minimum Gasteiger partial charge on any atom is -0.388 e. The molecule has 2 aliphatic rings. The van der Waals surface area contributed by atoms with Crippen LogP contribution in [0.2, 0.25) is 0 Å². The fourth-order valence-corrected chi connectivity index (χ4v) is 2.81. The minimum absolute atomic E-state index is 0.177. The van der Waals surface area contributed by atoms with E-state index < -0.39 is 11.9 Å². The molecule has 1 N–H and O–H groups in total. The molecule has 120 valence electrons. The molecule has 4 heteroatoms. The van der Waals surface area contributed by atoms with Gasteiger partial charge in [0.25, 0.3) is 0 Å². The summed E-state index contributed by atoms with van der Waals surface area (Å²) in [4.78, 5) is 0. The summed E-state index contributed by atoms with van der Waals surface area (Å²) in [6.45, 7) is 6.39. The van der Waals surface area contributed by atoms with Crippen LogP contribution in [0.15, 0.2) is 0 Å². The molecule has 4 nitrogen and oxygen atoms in total. The van der Waals surface area contributed by atoms with Crippen molar-refractivity contribution in [1.82, 2.24) is 0 Å². The predicted molar refractivity (Wildman–Crippen MR) is 80.7 cm³/mol. The lowest BCUT2D eigenvalue weighted by Gasteiger charge is -2.37. The average molecular weight is 296 g/mol. The molecule has 2 heterocycles. The molecule has 21 heavy (non-hydrogen) atoms. The smallest absolute Gasteiger partial charge is 0.163 e. The fraction of sp³-hybridized carbons (Fsp3) is 0.882. The molecule has 2 saturated heterocycles. The Kier molecular flexibility index (Phi) is 6.07. The van der Waals surface area contributed by atoms with Crippen LogP contribution in [-0.2, 0) is 14.2 Å². The van der Waals surface area contributed by atoms with E-state index in [1.165, 1.54) is 19.3 Å². The summed E-state index contributed by atoms with van der Waals surface area (Å²) in [5.41, 5.74) is 0. The zero-order valence-electron chi connectivity index (χ0n) is 13.4. The molecule has 2 rings (SSSR count). The van der Waals surface area contributed by atoms with Gasteiger partial charge in [-0.2, -0.15) is 0 Å². The number of aliphatic hydroxyl groups excluding tert-OH is 1. The Hall–Kier alpha value is -0.600. The number of aliphatic hydroxyl groups is 1. The monoisotopic (exact) mass is 296 g/mol. The second-order valence-electron chi connectivity index (χ2n) is 6.37. The highest BCUT2D eigenvalue weighted by molar-refractivity contribution is 5.05. The molecular formula is C17H28O4. The molecular weight excluding hydrogens is 268 g/mol. The number of rotatable bonds is 5. The third-order valence-electron chi connectivity index (χ3n) is 4.03. The normalized spacial score (nSPS) is 34.1. The van der Waals surface area contributed by atoms with Gasteiger partial charge in [0.05, 0.1) is 12.7 Å². The highest BCUT2D eigenvalue weighted by Crippen LogP contribution is 2.34. The fourth-order valence-electron chi connectivity index (χ4n) is 2.81. The quantitative estimate of drug-likeness (QED) is 0.626. The first-order valence-electron chi connectivity index (χ1n) is 8.14. The SMILES string of the molecule is CCCCCCC#CC[C@@H]1O[C@H]2COC(C)(C)O[C@H]2[C@@H]1O. The molecule has 2 aliphatic heterocycles. The second kappa shape index (κ2) is 7.60. The summed E-state index contributed by atoms with van der Waals surface area (Å²) in [6.07, 6.45) is 5.07. The summed E-state index contributed by atoms with van der Waals surface area (Å²) >= 11 is 0. The van der Waals surface area contributed by atoms with Gasteiger partial charge in [-0.05, 0) is 20.3 Å². The Morgan fingerprint density at radius 3 is 2.76 bits per heavy atom. The van der Waals surface area contributed by atoms with Crippen LogP contribution in [0.4, 0.5) is 0 Å². The van der Waals surface area contributed by atoms with Crippen molar-refractivity contribution in [2.24, 2.45) is 0 Å². The van der Waals surface area contributed by atoms with Gasteiger partial charge in [-0.25, -0.2) is 0 Å². The second-order valence-corrected chi connectivity index (χ2v) is 6.37. The molecule has 0 saturated carbocycles. The molecule has 0 amide bonds. The molecule has 0 aromatic heterocycles. The van der Waals surface area contributed by atoms with Crippen LogP contribution in [0.5, 0.6) is 0 Å². The maximum Gasteiger partial charge on any atom is 0.163 e. The van der Waals surface area contributed by atoms with Crippen LogP contribution in [0.3, 0.4) is 0 Å². The first-order chi connectivity index (χ1) is 10.0. The van der Waals surface area contributed by atoms with E-state index in [9.17, 15) is 5.11 Å². The molecule has 0 aromatic carbocycles. The molecule has 0 aliphatic carbocycles. The number of hydrogen-bond donors (Lipinski definition) is 1. The van der Waals surface area contributed by atoms with Gasteiger partial charge in [-0.15, -0.1) is 11.8 Å². The van der Waals surface area contributed by atoms with Gasteiger partial charge >= 0.3 is 0 Å². The number of unbranched alkanes of at least 4 members (excludes halogenated alkanes) is 4. The minimum atomic E-state index is -0.647. The number of fused-ring (bicyclic) bond motifs is 1. The van der Waals surface area contributed by atoms with E-state index in [0.717, 1.165) is 12.8 Å². The van der Waals surface area contributed by atoms with Crippen LogP contribution < -0.4 is 0 Å². The summed E-state index contributed by atoms with van der Waals surface area (Å²) in [7, 11) is 0. The predicted octanol–water partition coefficient (Wildman–Crippen LogP) is 2.63. The van der Waals surface area contributed by atoms with E-state index in [-0.39, 0.29) is 18.3 Å². The van der Waals surface area contributed by atoms with Gasteiger partial charge in [0.1, 0.15) is 18.3 Å². The van der Waals surface area contributed by atoms with Crippen molar-refractivity contribution in [3.63, 3.8) is 0 Å². The Labute approximate surface area is 128 Å². The Balaban J connectivity index is 1.74. The number of hydrogen-bond acceptors (Lipinski definition) is 4. The van der Waals surface area contributed by atoms with Gasteiger partial charge in [-0.1, -0.05) is 26.2 Å². The summed E-state index contributed by atoms with van der Waals surface area (Å²) in [5, 5.41) is 10.3. The van der Waals surface area contributed by atoms with E-state index in [2.05, 4.69) is 18.8 Å². The third-order valence-corrected chi connectivity index (χ3v) is 4.03. The molecule has 0 radical (unpaired) electrons. The number of ether oxygens (including phenoxy) is 3. The van der Waals surface area contributed by atoms with E-state index >= 15 is 0 Å². The Morgan fingerprint density at radius 1 is 1.19 bits per heavy atom. The highest BCUT2D eigenvalue weighted by atomic mass is 16.7. The molecule has 2 fully saturated rings. The maximum absolute atomic E-state index is 10.3. The summed E-state index contributed by atoms with van der Waals surface area (Å²) in [5.74, 6) is 5.66. The lowest BCUT2D eigenvalue weighted by Crippen LogP contribution is -2.50. The van der Waals surface area contributed by atoms with Crippen molar-refractivity contribution in [3.8, 4) is 11.8 Å². The van der Waals surface area contributed by atoms with Crippen molar-refractivity contribution in [2.45, 2.75) is 89.5 Å². The van der Waals surface area contributed by atoms with Crippen LogP contribution in [0, 0.1) is 11.8 Å². The Bertz CT molecular complexity index is 382. The summed E-state index contributed by atoms with van der Waals surface area (Å²) in [6, 6.07) is 0. The van der Waals surface area contributed by atoms with E-state index in [4.69, 9.17) is 14.2 Å². The average Bonchev–Trinajstić information content (AvgIpc) is 2.74. The van der Waals surface area contributed by atoms with Crippen LogP contribution >= 0.6 is 0 Å². The first-order valence-corrected chi connectivity index (χ1v) is 8.14. The molecule has 0 aromatic rings. The van der Waals surface area contributed by atoms with Crippen molar-refractivity contribution < 1.29 is 19.3 Å². The van der Waals surface area contributed by atoms with Gasteiger partial charge in [0.15, 0.2) is 5.79 Å². The standard InChI is InChI=1S/C17H28O4/c1-4-5-6-7-8-9-10-11-13-15(18)16-14(20-13)12-19-17(2,3)21-16/h13-16,18H,4-8,11-12H2,1-3H3/t13-,14-,15+,16+/m0/s1. The van der Waals surface area contributed by atoms with Crippen LogP contribution in [0.1, 0.15) is 59.3 Å². The van der Waals surface area contributed by atoms with Crippen LogP contribution in [0.25, 0.3) is 0 Å². The topological polar surface area (TPSA) is 47.9 Å². The highest BCUT2D eigenvalue weighted by Gasteiger charge is 2.49. The molecule has 4 atom stereocenters. The lowest BCUT2D eigenvalue weighted by atomic mass is 10.0. The first kappa shape index (κ1) is 16.8. The Morgan fingerprint density at radius 2 is 2.00 bits per heavy atom. The van der Waals surface area contributed by atoms with E-state index in [1.54, 1.807) is 0 Å². The van der Waals surface area contributed by atoms with Crippen molar-refractivity contribution in [3.05, 3.63) is 0 Å². The van der Waals surface area contributed by atoms with Gasteiger partial charge < -0.3 is 19.3 Å². The maximum atomic E-state index is 10.3. The summed E-state index contributed by atoms with van der Waals surface area (Å²) < 4.78 is 17.1. The van der Waals surface area contributed by atoms with E-state index in [1.807, 2.05) is 13.8 Å². The van der Waals surface area contributed by atoms with Crippen LogP contribution in [-0.4, -0.2) is 41.9 Å². The zero-order valence-corrected chi connectivity index (χ0v) is 13.4. The lowest BCUT2D eigenvalue weighted by molar-refractivity contribution is -0.300. The van der Waals surface area contributed by atoms with Crippen molar-refractivity contribution in [1.29, 1.82) is 0 Å². The van der Waals surface area contributed by atoms with Crippen molar-refractivity contribution >= 4 is 0 Å². The third kappa shape index (κ3) is 4.69. The molecule has 0 spiro atoms. The van der Waals surface area contributed by atoms with Gasteiger partial charge in [0, 0.05) is 12.8 Å². The van der Waals surface area contributed by atoms with Gasteiger partial charge in [0.2, 0.25) is 0 Å².